The molecule has 1 aromatic rings. The average Bonchev–Trinajstić information content (AvgIpc) is 2.65. The molecule has 0 atom stereocenters. The number of hydrogen-bond donors (Lipinski definition) is 1. The van der Waals surface area contributed by atoms with E-state index in [1.165, 1.54) is 62.9 Å². The van der Waals surface area contributed by atoms with Crippen LogP contribution < -0.4 is 10.1 Å². The van der Waals surface area contributed by atoms with Crippen molar-refractivity contribution < 1.29 is 22.7 Å². The summed E-state index contributed by atoms with van der Waals surface area (Å²) in [7, 11) is 0. The highest BCUT2D eigenvalue weighted by atomic mass is 19.4. The standard InChI is InChI=1S/C20H28F3N3O2/c21-20(22,23)28-18-8-6-17(7-9-18)24-19(27)15-26-12-10-25(11-13-26)14-16-4-2-1-3-5-16/h6-9,16H,1-5,10-15H2,(H,24,27). The highest BCUT2D eigenvalue weighted by Gasteiger charge is 2.31. The van der Waals surface area contributed by atoms with Crippen LogP contribution in [0.2, 0.25) is 0 Å². The molecule has 1 heterocycles. The van der Waals surface area contributed by atoms with Gasteiger partial charge in [-0.1, -0.05) is 19.3 Å². The Labute approximate surface area is 163 Å². The van der Waals surface area contributed by atoms with E-state index in [0.717, 1.165) is 32.1 Å². The number of hydrogen-bond acceptors (Lipinski definition) is 4. The summed E-state index contributed by atoms with van der Waals surface area (Å²) in [5.41, 5.74) is 0.454. The Bertz CT molecular complexity index is 623. The van der Waals surface area contributed by atoms with Crippen LogP contribution in [0.4, 0.5) is 18.9 Å². The molecule has 1 aromatic carbocycles. The summed E-state index contributed by atoms with van der Waals surface area (Å²) in [6, 6.07) is 5.18. The third kappa shape index (κ3) is 6.98. The number of benzene rings is 1. The van der Waals surface area contributed by atoms with Crippen molar-refractivity contribution in [1.29, 1.82) is 0 Å². The van der Waals surface area contributed by atoms with E-state index in [-0.39, 0.29) is 18.2 Å². The van der Waals surface area contributed by atoms with Crippen LogP contribution in [0, 0.1) is 5.92 Å². The summed E-state index contributed by atoms with van der Waals surface area (Å²) in [5.74, 6) is 0.359. The fourth-order valence-corrected chi connectivity index (χ4v) is 4.01. The normalized spacial score (nSPS) is 20.1. The van der Waals surface area contributed by atoms with Gasteiger partial charge in [0.1, 0.15) is 5.75 Å². The maximum absolute atomic E-state index is 12.2. The van der Waals surface area contributed by atoms with E-state index in [9.17, 15) is 18.0 Å². The van der Waals surface area contributed by atoms with E-state index in [4.69, 9.17) is 0 Å². The number of amides is 1. The molecule has 0 unspecified atom stereocenters. The highest BCUT2D eigenvalue weighted by Crippen LogP contribution is 2.25. The van der Waals surface area contributed by atoms with Crippen molar-refractivity contribution in [3.05, 3.63) is 24.3 Å². The lowest BCUT2D eigenvalue weighted by molar-refractivity contribution is -0.274. The van der Waals surface area contributed by atoms with Crippen LogP contribution in [0.5, 0.6) is 5.75 Å². The summed E-state index contributed by atoms with van der Waals surface area (Å²) in [6.07, 6.45) is 2.05. The van der Waals surface area contributed by atoms with Gasteiger partial charge in [-0.25, -0.2) is 0 Å². The minimum Gasteiger partial charge on any atom is -0.406 e. The quantitative estimate of drug-likeness (QED) is 0.792. The number of halogens is 3. The SMILES string of the molecule is O=C(CN1CCN(CC2CCCCC2)CC1)Nc1ccc(OC(F)(F)F)cc1. The van der Waals surface area contributed by atoms with Crippen LogP contribution in [0.3, 0.4) is 0 Å². The molecule has 3 rings (SSSR count). The lowest BCUT2D eigenvalue weighted by Crippen LogP contribution is -2.49. The first-order valence-corrected chi connectivity index (χ1v) is 9.98. The van der Waals surface area contributed by atoms with Gasteiger partial charge in [-0.2, -0.15) is 0 Å². The number of anilines is 1. The van der Waals surface area contributed by atoms with E-state index in [0.29, 0.717) is 5.69 Å². The molecule has 1 saturated carbocycles. The van der Waals surface area contributed by atoms with Crippen molar-refractivity contribution >= 4 is 11.6 Å². The van der Waals surface area contributed by atoms with Gasteiger partial charge in [0.15, 0.2) is 0 Å². The molecule has 1 N–H and O–H groups in total. The minimum absolute atomic E-state index is 0.162. The minimum atomic E-state index is -4.72. The predicted molar refractivity (Wildman–Crippen MR) is 101 cm³/mol. The number of carbonyl (C=O) groups excluding carboxylic acids is 1. The number of carbonyl (C=O) groups is 1. The van der Waals surface area contributed by atoms with Gasteiger partial charge in [0.05, 0.1) is 6.54 Å². The number of rotatable bonds is 6. The number of ether oxygens (including phenoxy) is 1. The second-order valence-corrected chi connectivity index (χ2v) is 7.70. The molecule has 1 aliphatic carbocycles. The molecule has 0 bridgehead atoms. The molecule has 1 saturated heterocycles. The van der Waals surface area contributed by atoms with Gasteiger partial charge in [0, 0.05) is 38.4 Å². The second kappa shape index (κ2) is 9.60. The molecular weight excluding hydrogens is 371 g/mol. The summed E-state index contributed by atoms with van der Waals surface area (Å²) < 4.78 is 40.3. The van der Waals surface area contributed by atoms with Crippen LogP contribution in [0.15, 0.2) is 24.3 Å². The van der Waals surface area contributed by atoms with Crippen LogP contribution >= 0.6 is 0 Å². The van der Waals surface area contributed by atoms with E-state index in [1.54, 1.807) is 0 Å². The first kappa shape index (κ1) is 20.9. The zero-order valence-corrected chi connectivity index (χ0v) is 16.0. The van der Waals surface area contributed by atoms with Crippen LogP contribution in [0.1, 0.15) is 32.1 Å². The fraction of sp³-hybridized carbons (Fsp3) is 0.650. The van der Waals surface area contributed by atoms with Crippen LogP contribution in [-0.4, -0.2) is 61.3 Å². The van der Waals surface area contributed by atoms with Crippen molar-refractivity contribution in [1.82, 2.24) is 9.80 Å². The summed E-state index contributed by atoms with van der Waals surface area (Å²) in [4.78, 5) is 16.8. The average molecular weight is 399 g/mol. The molecule has 2 aliphatic rings. The zero-order chi connectivity index (χ0) is 20.0. The predicted octanol–water partition coefficient (Wildman–Crippen LogP) is 3.72. The number of piperazine rings is 1. The van der Waals surface area contributed by atoms with Gasteiger partial charge in [-0.3, -0.25) is 9.69 Å². The Morgan fingerprint density at radius 2 is 1.61 bits per heavy atom. The molecule has 8 heteroatoms. The van der Waals surface area contributed by atoms with Gasteiger partial charge in [-0.15, -0.1) is 13.2 Å². The van der Waals surface area contributed by atoms with Crippen molar-refractivity contribution in [3.63, 3.8) is 0 Å². The Morgan fingerprint density at radius 1 is 1.00 bits per heavy atom. The van der Waals surface area contributed by atoms with Crippen molar-refractivity contribution in [2.24, 2.45) is 5.92 Å². The first-order valence-electron chi connectivity index (χ1n) is 9.98. The van der Waals surface area contributed by atoms with Gasteiger partial charge in [0.2, 0.25) is 5.91 Å². The molecule has 5 nitrogen and oxygen atoms in total. The Kier molecular flexibility index (Phi) is 7.18. The summed E-state index contributed by atoms with van der Waals surface area (Å²) in [6.45, 7) is 5.14. The van der Waals surface area contributed by atoms with Crippen molar-refractivity contribution in [2.45, 2.75) is 38.5 Å². The lowest BCUT2D eigenvalue weighted by atomic mass is 9.89. The number of nitrogens with one attached hydrogen (secondary N) is 1. The number of alkyl halides is 3. The zero-order valence-electron chi connectivity index (χ0n) is 16.0. The van der Waals surface area contributed by atoms with E-state index >= 15 is 0 Å². The third-order valence-electron chi connectivity index (χ3n) is 5.44. The first-order chi connectivity index (χ1) is 13.4. The molecule has 28 heavy (non-hydrogen) atoms. The van der Waals surface area contributed by atoms with Crippen LogP contribution in [-0.2, 0) is 4.79 Å². The largest absolute Gasteiger partial charge is 0.573 e. The maximum Gasteiger partial charge on any atom is 0.573 e. The van der Waals surface area contributed by atoms with Gasteiger partial charge in [-0.05, 0) is 43.0 Å². The van der Waals surface area contributed by atoms with E-state index in [1.807, 2.05) is 0 Å². The van der Waals surface area contributed by atoms with Gasteiger partial charge < -0.3 is 15.0 Å². The Morgan fingerprint density at radius 3 is 2.21 bits per heavy atom. The maximum atomic E-state index is 12.2. The molecule has 1 amide bonds. The van der Waals surface area contributed by atoms with Gasteiger partial charge >= 0.3 is 6.36 Å². The molecule has 0 radical (unpaired) electrons. The molecule has 1 aliphatic heterocycles. The Balaban J connectivity index is 1.37. The fourth-order valence-electron chi connectivity index (χ4n) is 4.01. The summed E-state index contributed by atoms with van der Waals surface area (Å²) in [5, 5.41) is 2.73. The second-order valence-electron chi connectivity index (χ2n) is 7.70. The van der Waals surface area contributed by atoms with E-state index < -0.39 is 6.36 Å². The van der Waals surface area contributed by atoms with Crippen LogP contribution in [0.25, 0.3) is 0 Å². The summed E-state index contributed by atoms with van der Waals surface area (Å²) >= 11 is 0. The smallest absolute Gasteiger partial charge is 0.406 e. The molecule has 2 fully saturated rings. The van der Waals surface area contributed by atoms with Gasteiger partial charge in [0.25, 0.3) is 0 Å². The van der Waals surface area contributed by atoms with Crippen molar-refractivity contribution in [3.8, 4) is 5.75 Å². The molecular formula is C20H28F3N3O2. The molecule has 156 valence electrons. The number of nitrogens with zero attached hydrogens (tertiary/aromatic N) is 2. The van der Waals surface area contributed by atoms with Crippen molar-refractivity contribution in [2.75, 3.05) is 44.6 Å². The third-order valence-corrected chi connectivity index (χ3v) is 5.44. The molecule has 0 aromatic heterocycles. The topological polar surface area (TPSA) is 44.8 Å². The highest BCUT2D eigenvalue weighted by molar-refractivity contribution is 5.92. The Hall–Kier alpha value is -1.80. The molecule has 0 spiro atoms. The monoisotopic (exact) mass is 399 g/mol. The lowest BCUT2D eigenvalue weighted by Gasteiger charge is -2.37. The van der Waals surface area contributed by atoms with E-state index in [2.05, 4.69) is 19.9 Å².